The van der Waals surface area contributed by atoms with Crippen LogP contribution in [-0.4, -0.2) is 43.4 Å². The number of hydrogen-bond acceptors (Lipinski definition) is 3. The molecule has 2 heterocycles. The molecule has 0 amide bonds. The molecule has 2 aliphatic heterocycles. The third-order valence-corrected chi connectivity index (χ3v) is 6.04. The molecule has 2 aliphatic rings. The van der Waals surface area contributed by atoms with E-state index in [-0.39, 0.29) is 0 Å². The number of piperidine rings is 1. The van der Waals surface area contributed by atoms with Crippen LogP contribution in [0.25, 0.3) is 0 Å². The highest BCUT2D eigenvalue weighted by atomic mass is 32.2. The van der Waals surface area contributed by atoms with E-state index in [1.807, 2.05) is 11.8 Å². The van der Waals surface area contributed by atoms with Gasteiger partial charge in [-0.05, 0) is 56.4 Å². The lowest BCUT2D eigenvalue weighted by atomic mass is 9.96. The molecule has 0 aromatic heterocycles. The zero-order valence-electron chi connectivity index (χ0n) is 13.2. The number of nitrogens with zero attached hydrogens (tertiary/aromatic N) is 1. The minimum Gasteiger partial charge on any atom is -0.317 e. The Morgan fingerprint density at radius 1 is 1.19 bits per heavy atom. The highest BCUT2D eigenvalue weighted by Crippen LogP contribution is 2.39. The molecule has 0 bridgehead atoms. The molecule has 21 heavy (non-hydrogen) atoms. The van der Waals surface area contributed by atoms with Crippen LogP contribution in [-0.2, 0) is 0 Å². The summed E-state index contributed by atoms with van der Waals surface area (Å²) in [5, 5.41) is 3.48. The van der Waals surface area contributed by atoms with E-state index < -0.39 is 0 Å². The summed E-state index contributed by atoms with van der Waals surface area (Å²) < 4.78 is 0. The smallest absolute Gasteiger partial charge is 0.0108 e. The summed E-state index contributed by atoms with van der Waals surface area (Å²) >= 11 is 2.05. The number of hydrogen-bond donors (Lipinski definition) is 1. The maximum Gasteiger partial charge on any atom is 0.0108 e. The summed E-state index contributed by atoms with van der Waals surface area (Å²) in [4.78, 5) is 4.25. The summed E-state index contributed by atoms with van der Waals surface area (Å²) in [6.07, 6.45) is 3.99. The average Bonchev–Trinajstić information content (AvgIpc) is 2.92. The Balaban J connectivity index is 1.60. The molecule has 1 aromatic rings. The molecule has 0 aliphatic carbocycles. The average molecular weight is 305 g/mol. The molecule has 1 aromatic carbocycles. The molecule has 1 fully saturated rings. The Hall–Kier alpha value is -0.510. The van der Waals surface area contributed by atoms with Crippen LogP contribution in [0.4, 0.5) is 0 Å². The molecule has 0 radical (unpaired) electrons. The number of thioether (sulfide) groups is 1. The maximum absolute atomic E-state index is 3.48. The van der Waals surface area contributed by atoms with Gasteiger partial charge in [0.15, 0.2) is 0 Å². The van der Waals surface area contributed by atoms with E-state index >= 15 is 0 Å². The van der Waals surface area contributed by atoms with Gasteiger partial charge in [-0.3, -0.25) is 0 Å². The summed E-state index contributed by atoms with van der Waals surface area (Å²) in [6, 6.07) is 9.01. The van der Waals surface area contributed by atoms with Crippen LogP contribution in [0.5, 0.6) is 0 Å². The Bertz CT molecular complexity index is 443. The van der Waals surface area contributed by atoms with Crippen molar-refractivity contribution < 1.29 is 0 Å². The van der Waals surface area contributed by atoms with Crippen LogP contribution >= 0.6 is 11.8 Å². The van der Waals surface area contributed by atoms with Crippen molar-refractivity contribution in [2.45, 2.75) is 37.0 Å². The lowest BCUT2D eigenvalue weighted by Gasteiger charge is -2.31. The molecular weight excluding hydrogens is 276 g/mol. The van der Waals surface area contributed by atoms with Crippen molar-refractivity contribution >= 4 is 11.8 Å². The molecule has 0 saturated carbocycles. The minimum absolute atomic E-state index is 0.736. The Morgan fingerprint density at radius 2 is 2.00 bits per heavy atom. The van der Waals surface area contributed by atoms with Gasteiger partial charge >= 0.3 is 0 Å². The summed E-state index contributed by atoms with van der Waals surface area (Å²) in [5.74, 6) is 2.91. The van der Waals surface area contributed by atoms with Gasteiger partial charge in [-0.2, -0.15) is 0 Å². The molecule has 116 valence electrons. The van der Waals surface area contributed by atoms with Gasteiger partial charge in [0.05, 0.1) is 0 Å². The molecule has 0 spiro atoms. The predicted octanol–water partition coefficient (Wildman–Crippen LogP) is 3.59. The van der Waals surface area contributed by atoms with Gasteiger partial charge in [0, 0.05) is 29.7 Å². The van der Waals surface area contributed by atoms with Crippen LogP contribution in [0.3, 0.4) is 0 Å². The zero-order chi connectivity index (χ0) is 14.5. The molecule has 1 saturated heterocycles. The molecule has 1 atom stereocenters. The molecular formula is C18H28N2S. The lowest BCUT2D eigenvalue weighted by Crippen LogP contribution is -2.38. The second-order valence-corrected chi connectivity index (χ2v) is 7.56. The Labute approximate surface area is 133 Å². The van der Waals surface area contributed by atoms with Gasteiger partial charge in [0.1, 0.15) is 0 Å². The number of fused-ring (bicyclic) bond motifs is 1. The number of benzene rings is 1. The molecule has 3 rings (SSSR count). The van der Waals surface area contributed by atoms with Crippen molar-refractivity contribution in [2.24, 2.45) is 5.92 Å². The maximum atomic E-state index is 3.48. The quantitative estimate of drug-likeness (QED) is 0.864. The zero-order valence-corrected chi connectivity index (χ0v) is 14.0. The first-order valence-corrected chi connectivity index (χ1v) is 9.50. The topological polar surface area (TPSA) is 15.3 Å². The van der Waals surface area contributed by atoms with Crippen molar-refractivity contribution in [3.8, 4) is 0 Å². The van der Waals surface area contributed by atoms with Crippen molar-refractivity contribution in [1.29, 1.82) is 0 Å². The van der Waals surface area contributed by atoms with E-state index in [0.29, 0.717) is 0 Å². The van der Waals surface area contributed by atoms with Gasteiger partial charge in [-0.25, -0.2) is 0 Å². The van der Waals surface area contributed by atoms with Crippen molar-refractivity contribution in [1.82, 2.24) is 10.2 Å². The third kappa shape index (κ3) is 4.02. The van der Waals surface area contributed by atoms with E-state index in [2.05, 4.69) is 41.4 Å². The fourth-order valence-electron chi connectivity index (χ4n) is 3.69. The first-order valence-electron chi connectivity index (χ1n) is 8.51. The van der Waals surface area contributed by atoms with Crippen molar-refractivity contribution in [3.05, 3.63) is 29.8 Å². The van der Waals surface area contributed by atoms with Gasteiger partial charge in [-0.15, -0.1) is 11.8 Å². The van der Waals surface area contributed by atoms with Gasteiger partial charge in [0.2, 0.25) is 0 Å². The van der Waals surface area contributed by atoms with Crippen LogP contribution in [0.15, 0.2) is 29.2 Å². The second kappa shape index (κ2) is 7.66. The standard InChI is InChI=1S/C18H28N2S/c1-2-11-20(12-15-7-9-19-10-8-15)13-16-14-21-18-6-4-3-5-17(16)18/h3-6,15-16,19H,2,7-14H2,1H3. The summed E-state index contributed by atoms with van der Waals surface area (Å²) in [6.45, 7) is 8.56. The Kier molecular flexibility index (Phi) is 5.61. The fraction of sp³-hybridized carbons (Fsp3) is 0.667. The van der Waals surface area contributed by atoms with E-state index in [4.69, 9.17) is 0 Å². The summed E-state index contributed by atoms with van der Waals surface area (Å²) in [5.41, 5.74) is 1.59. The van der Waals surface area contributed by atoms with Gasteiger partial charge < -0.3 is 10.2 Å². The van der Waals surface area contributed by atoms with Gasteiger partial charge in [0.25, 0.3) is 0 Å². The second-order valence-electron chi connectivity index (χ2n) is 6.50. The SMILES string of the molecule is CCCN(CC1CCNCC1)CC1CSc2ccccc21. The number of nitrogens with one attached hydrogen (secondary N) is 1. The summed E-state index contributed by atoms with van der Waals surface area (Å²) in [7, 11) is 0. The molecule has 1 N–H and O–H groups in total. The lowest BCUT2D eigenvalue weighted by molar-refractivity contribution is 0.199. The highest BCUT2D eigenvalue weighted by Gasteiger charge is 2.26. The van der Waals surface area contributed by atoms with Crippen LogP contribution in [0, 0.1) is 5.92 Å². The van der Waals surface area contributed by atoms with Crippen LogP contribution in [0.2, 0.25) is 0 Å². The molecule has 3 heteroatoms. The minimum atomic E-state index is 0.736. The monoisotopic (exact) mass is 304 g/mol. The third-order valence-electron chi connectivity index (χ3n) is 4.79. The molecule has 1 unspecified atom stereocenters. The fourth-order valence-corrected chi connectivity index (χ4v) is 4.94. The first-order chi connectivity index (χ1) is 10.4. The molecule has 2 nitrogen and oxygen atoms in total. The van der Waals surface area contributed by atoms with Crippen LogP contribution < -0.4 is 5.32 Å². The highest BCUT2D eigenvalue weighted by molar-refractivity contribution is 7.99. The van der Waals surface area contributed by atoms with E-state index in [1.165, 1.54) is 62.6 Å². The van der Waals surface area contributed by atoms with E-state index in [9.17, 15) is 0 Å². The van der Waals surface area contributed by atoms with E-state index in [0.717, 1.165) is 11.8 Å². The van der Waals surface area contributed by atoms with Crippen LogP contribution in [0.1, 0.15) is 37.7 Å². The largest absolute Gasteiger partial charge is 0.317 e. The van der Waals surface area contributed by atoms with Crippen molar-refractivity contribution in [2.75, 3.05) is 38.5 Å². The van der Waals surface area contributed by atoms with E-state index in [1.54, 1.807) is 5.56 Å². The first kappa shape index (κ1) is 15.4. The normalized spacial score (nSPS) is 22.7. The Morgan fingerprint density at radius 3 is 2.81 bits per heavy atom. The predicted molar refractivity (Wildman–Crippen MR) is 92.2 cm³/mol. The number of rotatable bonds is 6. The van der Waals surface area contributed by atoms with Crippen molar-refractivity contribution in [3.63, 3.8) is 0 Å². The van der Waals surface area contributed by atoms with Gasteiger partial charge in [-0.1, -0.05) is 25.1 Å².